The van der Waals surface area contributed by atoms with Gasteiger partial charge in [-0.2, -0.15) is 0 Å². The lowest BCUT2D eigenvalue weighted by atomic mass is 10.1. The maximum atomic E-state index is 12.2. The van der Waals surface area contributed by atoms with Gasteiger partial charge in [0.15, 0.2) is 0 Å². The van der Waals surface area contributed by atoms with Crippen LogP contribution in [0.15, 0.2) is 12.3 Å². The Balaban J connectivity index is 3.00. The van der Waals surface area contributed by atoms with Crippen LogP contribution in [0, 0.1) is 16.0 Å². The number of hydrogen-bond donors (Lipinski definition) is 2. The Morgan fingerprint density at radius 2 is 2.05 bits per heavy atom. The van der Waals surface area contributed by atoms with Crippen LogP contribution in [0.2, 0.25) is 0 Å². The van der Waals surface area contributed by atoms with Gasteiger partial charge in [0, 0.05) is 24.8 Å². The minimum Gasteiger partial charge on any atom is -0.396 e. The van der Waals surface area contributed by atoms with Crippen LogP contribution in [-0.4, -0.2) is 33.2 Å². The van der Waals surface area contributed by atoms with Gasteiger partial charge in [0.05, 0.1) is 11.1 Å². The van der Waals surface area contributed by atoms with E-state index in [-0.39, 0.29) is 41.9 Å². The zero-order valence-corrected chi connectivity index (χ0v) is 12.2. The van der Waals surface area contributed by atoms with E-state index >= 15 is 0 Å². The predicted octanol–water partition coefficient (Wildman–Crippen LogP) is 1.72. The second kappa shape index (κ2) is 6.51. The molecule has 0 fully saturated rings. The largest absolute Gasteiger partial charge is 0.396 e. The summed E-state index contributed by atoms with van der Waals surface area (Å²) in [6.45, 7) is 7.26. The Morgan fingerprint density at radius 1 is 1.45 bits per heavy atom. The molecule has 112 valence electrons. The van der Waals surface area contributed by atoms with Crippen molar-refractivity contribution >= 4 is 11.6 Å². The van der Waals surface area contributed by atoms with Gasteiger partial charge in [-0.1, -0.05) is 6.92 Å². The molecule has 7 heteroatoms. The van der Waals surface area contributed by atoms with Gasteiger partial charge in [0.2, 0.25) is 0 Å². The first kappa shape index (κ1) is 16.2. The highest BCUT2D eigenvalue weighted by atomic mass is 16.6. The number of carbonyl (C=O) groups excluding carboxylic acids is 1. The number of aliphatic hydroxyl groups excluding tert-OH is 1. The molecule has 0 saturated carbocycles. The molecule has 2 N–H and O–H groups in total. The number of amides is 1. The summed E-state index contributed by atoms with van der Waals surface area (Å²) in [5.74, 6) is -0.462. The standard InChI is InChI=1S/C13H21N3O4/c1-8(2)15-6-11(16(19)20)5-12(15)13(18)14-10(4)9(3)7-17/h5-6,8-10,17H,7H2,1-4H3,(H,14,18). The van der Waals surface area contributed by atoms with E-state index < -0.39 is 4.92 Å². The molecule has 0 aromatic carbocycles. The Bertz CT molecular complexity index is 496. The van der Waals surface area contributed by atoms with Crippen molar-refractivity contribution in [3.63, 3.8) is 0 Å². The van der Waals surface area contributed by atoms with Crippen molar-refractivity contribution in [2.24, 2.45) is 5.92 Å². The number of nitrogens with one attached hydrogen (secondary N) is 1. The second-order valence-corrected chi connectivity index (χ2v) is 5.26. The number of nitro groups is 1. The summed E-state index contributed by atoms with van der Waals surface area (Å²) in [5, 5.41) is 22.6. The van der Waals surface area contributed by atoms with Crippen molar-refractivity contribution in [3.8, 4) is 0 Å². The van der Waals surface area contributed by atoms with E-state index in [1.54, 1.807) is 11.5 Å². The van der Waals surface area contributed by atoms with Crippen molar-refractivity contribution in [3.05, 3.63) is 28.1 Å². The van der Waals surface area contributed by atoms with Crippen LogP contribution < -0.4 is 5.32 Å². The summed E-state index contributed by atoms with van der Waals surface area (Å²) in [7, 11) is 0. The first-order chi connectivity index (χ1) is 9.27. The Hall–Kier alpha value is -1.89. The van der Waals surface area contributed by atoms with E-state index in [0.717, 1.165) is 0 Å². The molecule has 20 heavy (non-hydrogen) atoms. The van der Waals surface area contributed by atoms with E-state index in [4.69, 9.17) is 5.11 Å². The van der Waals surface area contributed by atoms with Crippen molar-refractivity contribution in [2.75, 3.05) is 6.61 Å². The molecule has 2 atom stereocenters. The summed E-state index contributed by atoms with van der Waals surface area (Å²) in [6, 6.07) is 0.989. The lowest BCUT2D eigenvalue weighted by Gasteiger charge is -2.20. The van der Waals surface area contributed by atoms with Gasteiger partial charge in [-0.05, 0) is 26.7 Å². The van der Waals surface area contributed by atoms with Gasteiger partial charge in [0.1, 0.15) is 5.69 Å². The van der Waals surface area contributed by atoms with Gasteiger partial charge in [-0.25, -0.2) is 0 Å². The van der Waals surface area contributed by atoms with Crippen LogP contribution in [-0.2, 0) is 0 Å². The molecule has 0 aliphatic heterocycles. The van der Waals surface area contributed by atoms with Gasteiger partial charge in [-0.15, -0.1) is 0 Å². The highest BCUT2D eigenvalue weighted by molar-refractivity contribution is 5.93. The second-order valence-electron chi connectivity index (χ2n) is 5.26. The normalized spacial score (nSPS) is 14.1. The quantitative estimate of drug-likeness (QED) is 0.613. The Morgan fingerprint density at radius 3 is 2.50 bits per heavy atom. The smallest absolute Gasteiger partial charge is 0.287 e. The molecule has 2 unspecified atom stereocenters. The molecule has 0 radical (unpaired) electrons. The van der Waals surface area contributed by atoms with E-state index in [0.29, 0.717) is 0 Å². The highest BCUT2D eigenvalue weighted by Gasteiger charge is 2.23. The molecule has 1 amide bonds. The third kappa shape index (κ3) is 3.57. The molecule has 0 spiro atoms. The lowest BCUT2D eigenvalue weighted by Crippen LogP contribution is -2.39. The highest BCUT2D eigenvalue weighted by Crippen LogP contribution is 2.21. The summed E-state index contributed by atoms with van der Waals surface area (Å²) < 4.78 is 1.57. The zero-order chi connectivity index (χ0) is 15.4. The van der Waals surface area contributed by atoms with Gasteiger partial charge < -0.3 is 15.0 Å². The molecule has 0 saturated heterocycles. The van der Waals surface area contributed by atoms with Crippen LogP contribution in [0.5, 0.6) is 0 Å². The zero-order valence-electron chi connectivity index (χ0n) is 12.2. The molecule has 7 nitrogen and oxygen atoms in total. The number of aliphatic hydroxyl groups is 1. The SMILES string of the molecule is CC(CO)C(C)NC(=O)c1cc([N+](=O)[O-])cn1C(C)C. The maximum Gasteiger partial charge on any atom is 0.287 e. The van der Waals surface area contributed by atoms with E-state index in [1.165, 1.54) is 12.3 Å². The minimum atomic E-state index is -0.518. The van der Waals surface area contributed by atoms with Crippen LogP contribution >= 0.6 is 0 Å². The van der Waals surface area contributed by atoms with E-state index in [9.17, 15) is 14.9 Å². The number of carbonyl (C=O) groups is 1. The lowest BCUT2D eigenvalue weighted by molar-refractivity contribution is -0.384. The molecule has 0 bridgehead atoms. The molecule has 1 rings (SSSR count). The summed E-state index contributed by atoms with van der Waals surface area (Å²) in [4.78, 5) is 22.5. The van der Waals surface area contributed by atoms with E-state index in [2.05, 4.69) is 5.32 Å². The van der Waals surface area contributed by atoms with E-state index in [1.807, 2.05) is 20.8 Å². The third-order valence-corrected chi connectivity index (χ3v) is 3.33. The van der Waals surface area contributed by atoms with Crippen LogP contribution in [0.25, 0.3) is 0 Å². The minimum absolute atomic E-state index is 0.0349. The Kier molecular flexibility index (Phi) is 5.26. The summed E-state index contributed by atoms with van der Waals surface area (Å²) in [6.07, 6.45) is 1.36. The first-order valence-electron chi connectivity index (χ1n) is 6.55. The molecule has 0 aliphatic rings. The predicted molar refractivity (Wildman–Crippen MR) is 74.6 cm³/mol. The van der Waals surface area contributed by atoms with Crippen molar-refractivity contribution in [2.45, 2.75) is 39.8 Å². The first-order valence-corrected chi connectivity index (χ1v) is 6.55. The van der Waals surface area contributed by atoms with Crippen LogP contribution in [0.4, 0.5) is 5.69 Å². The summed E-state index contributed by atoms with van der Waals surface area (Å²) in [5.41, 5.74) is 0.149. The Labute approximate surface area is 117 Å². The fourth-order valence-corrected chi connectivity index (χ4v) is 1.75. The van der Waals surface area contributed by atoms with Crippen molar-refractivity contribution in [1.82, 2.24) is 9.88 Å². The third-order valence-electron chi connectivity index (χ3n) is 3.33. The maximum absolute atomic E-state index is 12.2. The average molecular weight is 283 g/mol. The fourth-order valence-electron chi connectivity index (χ4n) is 1.75. The fraction of sp³-hybridized carbons (Fsp3) is 0.615. The number of hydrogen-bond acceptors (Lipinski definition) is 4. The number of aromatic nitrogens is 1. The van der Waals surface area contributed by atoms with Crippen LogP contribution in [0.1, 0.15) is 44.2 Å². The topological polar surface area (TPSA) is 97.4 Å². The van der Waals surface area contributed by atoms with Gasteiger partial charge >= 0.3 is 0 Å². The molecule has 1 aromatic heterocycles. The van der Waals surface area contributed by atoms with Gasteiger partial charge in [-0.3, -0.25) is 14.9 Å². The molecule has 1 heterocycles. The molecular formula is C13H21N3O4. The van der Waals surface area contributed by atoms with Crippen molar-refractivity contribution < 1.29 is 14.8 Å². The molecule has 1 aromatic rings. The molecular weight excluding hydrogens is 262 g/mol. The number of nitrogens with zero attached hydrogens (tertiary/aromatic N) is 2. The average Bonchev–Trinajstić information content (AvgIpc) is 2.82. The van der Waals surface area contributed by atoms with Gasteiger partial charge in [0.25, 0.3) is 11.6 Å². The monoisotopic (exact) mass is 283 g/mol. The number of rotatable bonds is 6. The molecule has 0 aliphatic carbocycles. The van der Waals surface area contributed by atoms with Crippen molar-refractivity contribution in [1.29, 1.82) is 0 Å². The van der Waals surface area contributed by atoms with Crippen LogP contribution in [0.3, 0.4) is 0 Å². The summed E-state index contributed by atoms with van der Waals surface area (Å²) >= 11 is 0.